The summed E-state index contributed by atoms with van der Waals surface area (Å²) in [6, 6.07) is 6.65. The molecule has 0 saturated heterocycles. The maximum atomic E-state index is 12.5. The van der Waals surface area contributed by atoms with Gasteiger partial charge in [-0.25, -0.2) is 0 Å². The third kappa shape index (κ3) is 5.22. The summed E-state index contributed by atoms with van der Waals surface area (Å²) in [4.78, 5) is 15.5. The Morgan fingerprint density at radius 2 is 1.79 bits per heavy atom. The number of carbonyl (C=O) groups is 1. The van der Waals surface area contributed by atoms with Crippen molar-refractivity contribution >= 4 is 18.1 Å². The molecule has 0 spiro atoms. The van der Waals surface area contributed by atoms with Crippen LogP contribution >= 0.6 is 0 Å². The lowest BCUT2D eigenvalue weighted by molar-refractivity contribution is -0.142. The minimum atomic E-state index is -4.34. The number of carbonyl (C=O) groups excluding carboxylic acids is 1. The normalized spacial score (nSPS) is 11.7. The number of benzene rings is 1. The largest absolute Gasteiger partial charge is 0.466 e. The van der Waals surface area contributed by atoms with E-state index in [0.29, 0.717) is 17.7 Å². The first-order valence-corrected chi connectivity index (χ1v) is 7.33. The molecule has 2 rings (SSSR count). The van der Waals surface area contributed by atoms with Gasteiger partial charge < -0.3 is 4.74 Å². The van der Waals surface area contributed by atoms with Gasteiger partial charge in [0, 0.05) is 12.4 Å². The molecule has 3 nitrogen and oxygen atoms in total. The van der Waals surface area contributed by atoms with Gasteiger partial charge in [0.15, 0.2) is 0 Å². The summed E-state index contributed by atoms with van der Waals surface area (Å²) in [5, 5.41) is 0. The number of rotatable bonds is 5. The highest BCUT2D eigenvalue weighted by atomic mass is 19.4. The van der Waals surface area contributed by atoms with Gasteiger partial charge in [-0.15, -0.1) is 0 Å². The zero-order chi connectivity index (χ0) is 17.6. The summed E-state index contributed by atoms with van der Waals surface area (Å²) in [7, 11) is 0. The zero-order valence-electron chi connectivity index (χ0n) is 13.0. The molecule has 0 N–H and O–H groups in total. The fourth-order valence-electron chi connectivity index (χ4n) is 2.05. The first kappa shape index (κ1) is 17.7. The fourth-order valence-corrected chi connectivity index (χ4v) is 2.05. The molecule has 24 heavy (non-hydrogen) atoms. The standard InChI is InChI=1S/C18H16F3NO2/c1-2-24-17(23)10-15-9-14(11-22-12-15)4-3-13-5-7-16(8-6-13)18(19,20)21/h3-9,11-12H,2,10H2,1H3/b4-3+. The van der Waals surface area contributed by atoms with E-state index in [9.17, 15) is 18.0 Å². The van der Waals surface area contributed by atoms with E-state index in [-0.39, 0.29) is 12.4 Å². The molecule has 0 aliphatic rings. The van der Waals surface area contributed by atoms with Crippen LogP contribution in [0.2, 0.25) is 0 Å². The van der Waals surface area contributed by atoms with Crippen LogP contribution < -0.4 is 0 Å². The highest BCUT2D eigenvalue weighted by Gasteiger charge is 2.29. The number of esters is 1. The van der Waals surface area contributed by atoms with E-state index in [2.05, 4.69) is 4.98 Å². The summed E-state index contributed by atoms with van der Waals surface area (Å²) >= 11 is 0. The van der Waals surface area contributed by atoms with Gasteiger partial charge in [-0.2, -0.15) is 13.2 Å². The summed E-state index contributed by atoms with van der Waals surface area (Å²) in [6.07, 6.45) is 2.38. The number of halogens is 3. The predicted octanol–water partition coefficient (Wildman–Crippen LogP) is 4.38. The second kappa shape index (κ2) is 7.77. The van der Waals surface area contributed by atoms with Crippen LogP contribution in [0, 0.1) is 0 Å². The molecule has 1 aromatic carbocycles. The van der Waals surface area contributed by atoms with E-state index < -0.39 is 11.7 Å². The number of pyridine rings is 1. The van der Waals surface area contributed by atoms with E-state index >= 15 is 0 Å². The molecule has 0 atom stereocenters. The molecule has 0 unspecified atom stereocenters. The molecule has 0 saturated carbocycles. The smallest absolute Gasteiger partial charge is 0.416 e. The molecule has 0 fully saturated rings. The topological polar surface area (TPSA) is 39.2 Å². The van der Waals surface area contributed by atoms with Crippen LogP contribution in [-0.4, -0.2) is 17.6 Å². The van der Waals surface area contributed by atoms with Crippen molar-refractivity contribution in [2.24, 2.45) is 0 Å². The van der Waals surface area contributed by atoms with E-state index in [4.69, 9.17) is 4.74 Å². The Balaban J connectivity index is 2.07. The van der Waals surface area contributed by atoms with Crippen LogP contribution in [0.5, 0.6) is 0 Å². The van der Waals surface area contributed by atoms with Crippen LogP contribution in [0.4, 0.5) is 13.2 Å². The van der Waals surface area contributed by atoms with Gasteiger partial charge in [0.2, 0.25) is 0 Å². The lowest BCUT2D eigenvalue weighted by Crippen LogP contribution is -2.07. The van der Waals surface area contributed by atoms with Gasteiger partial charge in [0.25, 0.3) is 0 Å². The second-order valence-electron chi connectivity index (χ2n) is 5.06. The molecule has 0 amide bonds. The van der Waals surface area contributed by atoms with Crippen molar-refractivity contribution in [1.82, 2.24) is 4.98 Å². The van der Waals surface area contributed by atoms with Crippen LogP contribution in [0.25, 0.3) is 12.2 Å². The quantitative estimate of drug-likeness (QED) is 0.762. The average Bonchev–Trinajstić information content (AvgIpc) is 2.53. The Labute approximate surface area is 137 Å². The van der Waals surface area contributed by atoms with Crippen molar-refractivity contribution in [2.45, 2.75) is 19.5 Å². The lowest BCUT2D eigenvalue weighted by Gasteiger charge is -2.06. The second-order valence-corrected chi connectivity index (χ2v) is 5.06. The molecule has 1 aromatic heterocycles. The van der Waals surface area contributed by atoms with Crippen molar-refractivity contribution in [1.29, 1.82) is 0 Å². The first-order chi connectivity index (χ1) is 11.4. The Hall–Kier alpha value is -2.63. The average molecular weight is 335 g/mol. The van der Waals surface area contributed by atoms with E-state index in [1.54, 1.807) is 37.5 Å². The summed E-state index contributed by atoms with van der Waals surface area (Å²) < 4.78 is 42.4. The van der Waals surface area contributed by atoms with Gasteiger partial charge in [0.05, 0.1) is 18.6 Å². The van der Waals surface area contributed by atoms with E-state index in [0.717, 1.165) is 17.7 Å². The molecule has 0 aliphatic carbocycles. The Bertz CT molecular complexity index is 722. The first-order valence-electron chi connectivity index (χ1n) is 7.33. The maximum absolute atomic E-state index is 12.5. The van der Waals surface area contributed by atoms with E-state index in [1.165, 1.54) is 12.1 Å². The Morgan fingerprint density at radius 3 is 2.42 bits per heavy atom. The third-order valence-electron chi connectivity index (χ3n) is 3.18. The number of aromatic nitrogens is 1. The van der Waals surface area contributed by atoms with Gasteiger partial charge in [-0.3, -0.25) is 9.78 Å². The van der Waals surface area contributed by atoms with Crippen molar-refractivity contribution in [3.8, 4) is 0 Å². The minimum Gasteiger partial charge on any atom is -0.466 e. The minimum absolute atomic E-state index is 0.128. The maximum Gasteiger partial charge on any atom is 0.416 e. The van der Waals surface area contributed by atoms with Crippen LogP contribution in [0.15, 0.2) is 42.7 Å². The lowest BCUT2D eigenvalue weighted by atomic mass is 10.1. The van der Waals surface area contributed by atoms with Gasteiger partial charge in [-0.1, -0.05) is 24.3 Å². The number of alkyl halides is 3. The molecular formula is C18H16F3NO2. The molecule has 2 aromatic rings. The van der Waals surface area contributed by atoms with E-state index in [1.807, 2.05) is 0 Å². The van der Waals surface area contributed by atoms with Gasteiger partial charge in [-0.05, 0) is 41.8 Å². The summed E-state index contributed by atoms with van der Waals surface area (Å²) in [6.45, 7) is 2.05. The van der Waals surface area contributed by atoms with Crippen molar-refractivity contribution in [3.05, 3.63) is 65.0 Å². The molecular weight excluding hydrogens is 319 g/mol. The Morgan fingerprint density at radius 1 is 1.12 bits per heavy atom. The van der Waals surface area contributed by atoms with Gasteiger partial charge in [0.1, 0.15) is 0 Å². The molecule has 126 valence electrons. The van der Waals surface area contributed by atoms with Crippen molar-refractivity contribution in [2.75, 3.05) is 6.61 Å². The molecule has 6 heteroatoms. The van der Waals surface area contributed by atoms with Crippen molar-refractivity contribution in [3.63, 3.8) is 0 Å². The molecule has 0 bridgehead atoms. The predicted molar refractivity (Wildman–Crippen MR) is 84.9 cm³/mol. The molecule has 1 heterocycles. The zero-order valence-corrected chi connectivity index (χ0v) is 13.0. The SMILES string of the molecule is CCOC(=O)Cc1cncc(/C=C/c2ccc(C(F)(F)F)cc2)c1. The number of hydrogen-bond acceptors (Lipinski definition) is 3. The molecule has 0 radical (unpaired) electrons. The highest BCUT2D eigenvalue weighted by Crippen LogP contribution is 2.29. The molecule has 0 aliphatic heterocycles. The highest BCUT2D eigenvalue weighted by molar-refractivity contribution is 5.74. The van der Waals surface area contributed by atoms with Crippen molar-refractivity contribution < 1.29 is 22.7 Å². The van der Waals surface area contributed by atoms with Gasteiger partial charge >= 0.3 is 12.1 Å². The summed E-state index contributed by atoms with van der Waals surface area (Å²) in [5.74, 6) is -0.330. The monoisotopic (exact) mass is 335 g/mol. The number of nitrogens with zero attached hydrogens (tertiary/aromatic N) is 1. The fraction of sp³-hybridized carbons (Fsp3) is 0.222. The third-order valence-corrected chi connectivity index (χ3v) is 3.18. The number of ether oxygens (including phenoxy) is 1. The Kier molecular flexibility index (Phi) is 5.73. The summed E-state index contributed by atoms with van der Waals surface area (Å²) in [5.41, 5.74) is 1.41. The number of hydrogen-bond donors (Lipinski definition) is 0. The van der Waals surface area contributed by atoms with Crippen LogP contribution in [0.3, 0.4) is 0 Å². The van der Waals surface area contributed by atoms with Crippen LogP contribution in [-0.2, 0) is 22.1 Å². The van der Waals surface area contributed by atoms with Crippen LogP contribution in [0.1, 0.15) is 29.2 Å².